The number of hydrogen-bond donors (Lipinski definition) is 2. The maximum atomic E-state index is 12.7. The Morgan fingerprint density at radius 3 is 2.76 bits per heavy atom. The molecule has 2 unspecified atom stereocenters. The monoisotopic (exact) mass is 354 g/mol. The standard InChI is InChI=1S/C17H26N2O6/c1-4-17(25-9-8-20)7-6-11(3)10-19-14(22)13(21)12(18-16(17)19)15(23)24-5-2/h11,20-21H,4-10H2,1-3H3. The summed E-state index contributed by atoms with van der Waals surface area (Å²) >= 11 is 0. The largest absolute Gasteiger partial charge is 0.501 e. The van der Waals surface area contributed by atoms with Crippen LogP contribution in [0, 0.1) is 5.92 Å². The zero-order valence-corrected chi connectivity index (χ0v) is 14.9. The van der Waals surface area contributed by atoms with Crippen LogP contribution in [0.5, 0.6) is 5.75 Å². The number of aromatic nitrogens is 2. The van der Waals surface area contributed by atoms with Crippen molar-refractivity contribution in [2.45, 2.75) is 52.2 Å². The molecule has 0 saturated heterocycles. The van der Waals surface area contributed by atoms with E-state index in [4.69, 9.17) is 14.6 Å². The third-order valence-corrected chi connectivity index (χ3v) is 4.60. The van der Waals surface area contributed by atoms with Crippen LogP contribution < -0.4 is 5.56 Å². The molecule has 2 N–H and O–H groups in total. The molecule has 0 aromatic carbocycles. The van der Waals surface area contributed by atoms with Crippen LogP contribution in [-0.4, -0.2) is 45.6 Å². The second kappa shape index (κ2) is 7.97. The van der Waals surface area contributed by atoms with Gasteiger partial charge in [0.1, 0.15) is 11.4 Å². The molecule has 0 fully saturated rings. The van der Waals surface area contributed by atoms with Crippen molar-refractivity contribution in [1.29, 1.82) is 0 Å². The Balaban J connectivity index is 2.69. The molecule has 1 aromatic rings. The lowest BCUT2D eigenvalue weighted by molar-refractivity contribution is -0.0794. The predicted octanol–water partition coefficient (Wildman–Crippen LogP) is 1.17. The van der Waals surface area contributed by atoms with Crippen molar-refractivity contribution in [2.24, 2.45) is 5.92 Å². The summed E-state index contributed by atoms with van der Waals surface area (Å²) in [5.74, 6) is -1.07. The normalized spacial score (nSPS) is 23.0. The summed E-state index contributed by atoms with van der Waals surface area (Å²) in [6.07, 6.45) is 1.90. The van der Waals surface area contributed by atoms with Crippen molar-refractivity contribution in [3.8, 4) is 5.75 Å². The van der Waals surface area contributed by atoms with Gasteiger partial charge in [-0.25, -0.2) is 9.78 Å². The molecule has 8 nitrogen and oxygen atoms in total. The van der Waals surface area contributed by atoms with Gasteiger partial charge in [0, 0.05) is 6.54 Å². The molecule has 0 saturated carbocycles. The molecular formula is C17H26N2O6. The summed E-state index contributed by atoms with van der Waals surface area (Å²) in [5.41, 5.74) is -1.97. The maximum Gasteiger partial charge on any atom is 0.361 e. The fourth-order valence-electron chi connectivity index (χ4n) is 3.21. The van der Waals surface area contributed by atoms with Crippen molar-refractivity contribution in [3.05, 3.63) is 21.9 Å². The Morgan fingerprint density at radius 2 is 2.16 bits per heavy atom. The van der Waals surface area contributed by atoms with Gasteiger partial charge in [0.2, 0.25) is 5.75 Å². The number of fused-ring (bicyclic) bond motifs is 1. The second-order valence-corrected chi connectivity index (χ2v) is 6.33. The van der Waals surface area contributed by atoms with Crippen LogP contribution in [0.25, 0.3) is 0 Å². The van der Waals surface area contributed by atoms with Gasteiger partial charge in [-0.2, -0.15) is 0 Å². The van der Waals surface area contributed by atoms with Gasteiger partial charge in [0.15, 0.2) is 5.69 Å². The quantitative estimate of drug-likeness (QED) is 0.738. The average molecular weight is 354 g/mol. The summed E-state index contributed by atoms with van der Waals surface area (Å²) < 4.78 is 12.2. The van der Waals surface area contributed by atoms with Gasteiger partial charge in [-0.1, -0.05) is 13.8 Å². The summed E-state index contributed by atoms with van der Waals surface area (Å²) in [4.78, 5) is 29.1. The SMILES string of the molecule is CCOC(=O)c1nc2n(c(=O)c1O)CC(C)CCC2(CC)OCCO. The number of esters is 1. The van der Waals surface area contributed by atoms with Crippen molar-refractivity contribution < 1.29 is 24.5 Å². The summed E-state index contributed by atoms with van der Waals surface area (Å²) in [5, 5.41) is 19.3. The molecule has 2 atom stereocenters. The molecule has 2 heterocycles. The Bertz CT molecular complexity index is 686. The molecule has 0 spiro atoms. The fraction of sp³-hybridized carbons (Fsp3) is 0.706. The molecule has 1 aromatic heterocycles. The molecule has 0 amide bonds. The van der Waals surface area contributed by atoms with Crippen LogP contribution in [0.15, 0.2) is 4.79 Å². The first kappa shape index (κ1) is 19.4. The van der Waals surface area contributed by atoms with Gasteiger partial charge in [0.05, 0.1) is 19.8 Å². The predicted molar refractivity (Wildman–Crippen MR) is 89.5 cm³/mol. The minimum atomic E-state index is -0.901. The topological polar surface area (TPSA) is 111 Å². The Kier molecular flexibility index (Phi) is 6.18. The first-order chi connectivity index (χ1) is 11.9. The van der Waals surface area contributed by atoms with Gasteiger partial charge in [0.25, 0.3) is 5.56 Å². The van der Waals surface area contributed by atoms with Crippen LogP contribution in [0.3, 0.4) is 0 Å². The van der Waals surface area contributed by atoms with Crippen LogP contribution in [0.2, 0.25) is 0 Å². The van der Waals surface area contributed by atoms with E-state index < -0.39 is 28.6 Å². The van der Waals surface area contributed by atoms with E-state index in [0.29, 0.717) is 25.2 Å². The van der Waals surface area contributed by atoms with Crippen molar-refractivity contribution in [3.63, 3.8) is 0 Å². The third kappa shape index (κ3) is 3.69. The lowest BCUT2D eigenvalue weighted by atomic mass is 9.91. The lowest BCUT2D eigenvalue weighted by Crippen LogP contribution is -2.38. The highest BCUT2D eigenvalue weighted by molar-refractivity contribution is 5.90. The molecule has 2 rings (SSSR count). The highest BCUT2D eigenvalue weighted by atomic mass is 16.5. The van der Waals surface area contributed by atoms with E-state index in [1.165, 1.54) is 4.57 Å². The molecule has 140 valence electrons. The Morgan fingerprint density at radius 1 is 1.44 bits per heavy atom. The zero-order chi connectivity index (χ0) is 18.6. The van der Waals surface area contributed by atoms with Crippen LogP contribution in [0.4, 0.5) is 0 Å². The molecular weight excluding hydrogens is 328 g/mol. The number of hydrogen-bond acceptors (Lipinski definition) is 7. The minimum Gasteiger partial charge on any atom is -0.501 e. The third-order valence-electron chi connectivity index (χ3n) is 4.60. The number of nitrogens with zero attached hydrogens (tertiary/aromatic N) is 2. The number of aliphatic hydroxyl groups excluding tert-OH is 1. The van der Waals surface area contributed by atoms with Crippen LogP contribution >= 0.6 is 0 Å². The zero-order valence-electron chi connectivity index (χ0n) is 14.9. The lowest BCUT2D eigenvalue weighted by Gasteiger charge is -2.32. The molecule has 0 aliphatic carbocycles. The van der Waals surface area contributed by atoms with Crippen molar-refractivity contribution >= 4 is 5.97 Å². The van der Waals surface area contributed by atoms with Gasteiger partial charge in [-0.15, -0.1) is 0 Å². The van der Waals surface area contributed by atoms with Gasteiger partial charge < -0.3 is 19.7 Å². The van der Waals surface area contributed by atoms with Gasteiger partial charge >= 0.3 is 5.97 Å². The highest BCUT2D eigenvalue weighted by Gasteiger charge is 2.40. The van der Waals surface area contributed by atoms with E-state index in [1.54, 1.807) is 6.92 Å². The highest BCUT2D eigenvalue weighted by Crippen LogP contribution is 2.37. The molecule has 1 aliphatic heterocycles. The van der Waals surface area contributed by atoms with Gasteiger partial charge in [-0.3, -0.25) is 9.36 Å². The first-order valence-corrected chi connectivity index (χ1v) is 8.66. The van der Waals surface area contributed by atoms with Crippen molar-refractivity contribution in [2.75, 3.05) is 19.8 Å². The Hall–Kier alpha value is -1.93. The van der Waals surface area contributed by atoms with E-state index in [0.717, 1.165) is 6.42 Å². The number of ether oxygens (including phenoxy) is 2. The molecule has 1 aliphatic rings. The number of aromatic hydroxyl groups is 1. The molecule has 0 bridgehead atoms. The average Bonchev–Trinajstić information content (AvgIpc) is 2.74. The van der Waals surface area contributed by atoms with Crippen molar-refractivity contribution in [1.82, 2.24) is 9.55 Å². The first-order valence-electron chi connectivity index (χ1n) is 8.66. The Labute approximate surface area is 146 Å². The van der Waals surface area contributed by atoms with Crippen LogP contribution in [0.1, 0.15) is 56.3 Å². The van der Waals surface area contributed by atoms with E-state index in [9.17, 15) is 14.7 Å². The van der Waals surface area contributed by atoms with E-state index in [-0.39, 0.29) is 25.7 Å². The van der Waals surface area contributed by atoms with E-state index >= 15 is 0 Å². The minimum absolute atomic E-state index is 0.0910. The van der Waals surface area contributed by atoms with Gasteiger partial charge in [-0.05, 0) is 32.1 Å². The number of rotatable bonds is 6. The van der Waals surface area contributed by atoms with E-state index in [2.05, 4.69) is 4.98 Å². The number of carbonyl (C=O) groups excluding carboxylic acids is 1. The van der Waals surface area contributed by atoms with Crippen LogP contribution in [-0.2, 0) is 21.6 Å². The number of carbonyl (C=O) groups is 1. The fourth-order valence-corrected chi connectivity index (χ4v) is 3.21. The summed E-state index contributed by atoms with van der Waals surface area (Å²) in [6, 6.07) is 0. The van der Waals surface area contributed by atoms with E-state index in [1.807, 2.05) is 13.8 Å². The summed E-state index contributed by atoms with van der Waals surface area (Å²) in [6.45, 7) is 5.95. The smallest absolute Gasteiger partial charge is 0.361 e. The summed E-state index contributed by atoms with van der Waals surface area (Å²) in [7, 11) is 0. The molecule has 25 heavy (non-hydrogen) atoms. The second-order valence-electron chi connectivity index (χ2n) is 6.33. The molecule has 8 heteroatoms. The number of aliphatic hydroxyl groups is 1. The maximum absolute atomic E-state index is 12.7. The molecule has 0 radical (unpaired) electrons.